The van der Waals surface area contributed by atoms with Crippen LogP contribution in [0.5, 0.6) is 0 Å². The molecular formula is C9H16O3. The summed E-state index contributed by atoms with van der Waals surface area (Å²) in [5, 5.41) is 0. The molecule has 0 radical (unpaired) electrons. The Morgan fingerprint density at radius 1 is 1.50 bits per heavy atom. The van der Waals surface area contributed by atoms with Crippen LogP contribution >= 0.6 is 0 Å². The first kappa shape index (κ1) is 11.2. The van der Waals surface area contributed by atoms with Gasteiger partial charge in [-0.15, -0.1) is 0 Å². The van der Waals surface area contributed by atoms with Crippen LogP contribution in [0.4, 0.5) is 0 Å². The minimum absolute atomic E-state index is 0.0987. The lowest BCUT2D eigenvalue weighted by Crippen LogP contribution is -2.32. The third-order valence-corrected chi connectivity index (χ3v) is 1.59. The maximum atomic E-state index is 11.3. The topological polar surface area (TPSA) is 35.5 Å². The van der Waals surface area contributed by atoms with Crippen LogP contribution < -0.4 is 0 Å². The molecule has 0 saturated carbocycles. The molecule has 0 spiro atoms. The maximum Gasteiger partial charge on any atom is 0.189 e. The highest BCUT2D eigenvalue weighted by atomic mass is 16.5. The fourth-order valence-electron chi connectivity index (χ4n) is 0.507. The fraction of sp³-hybridized carbons (Fsp3) is 0.667. The summed E-state index contributed by atoms with van der Waals surface area (Å²) in [7, 11) is 1.51. The van der Waals surface area contributed by atoms with Gasteiger partial charge >= 0.3 is 0 Å². The van der Waals surface area contributed by atoms with Gasteiger partial charge in [0.2, 0.25) is 0 Å². The summed E-state index contributed by atoms with van der Waals surface area (Å²) in [5.41, 5.74) is -0.756. The maximum absolute atomic E-state index is 11.3. The molecule has 0 aliphatic rings. The van der Waals surface area contributed by atoms with E-state index in [1.165, 1.54) is 19.4 Å². The lowest BCUT2D eigenvalue weighted by molar-refractivity contribution is -0.132. The quantitative estimate of drug-likeness (QED) is 0.466. The molecule has 12 heavy (non-hydrogen) atoms. The van der Waals surface area contributed by atoms with E-state index < -0.39 is 5.60 Å². The van der Waals surface area contributed by atoms with Gasteiger partial charge in [0.15, 0.2) is 5.78 Å². The lowest BCUT2D eigenvalue weighted by atomic mass is 10.0. The van der Waals surface area contributed by atoms with E-state index in [0.29, 0.717) is 6.61 Å². The molecule has 0 amide bonds. The number of ether oxygens (including phenoxy) is 2. The van der Waals surface area contributed by atoms with Crippen molar-refractivity contribution >= 4 is 5.78 Å². The zero-order valence-corrected chi connectivity index (χ0v) is 8.09. The first-order chi connectivity index (χ1) is 5.54. The SMILES string of the molecule is CCO/C=C/C(=O)C(C)(C)OC. The Kier molecular flexibility index (Phi) is 4.59. The van der Waals surface area contributed by atoms with E-state index >= 15 is 0 Å². The normalized spacial score (nSPS) is 12.0. The summed E-state index contributed by atoms with van der Waals surface area (Å²) in [6, 6.07) is 0. The monoisotopic (exact) mass is 172 g/mol. The molecule has 0 heterocycles. The Hall–Kier alpha value is -0.830. The molecule has 0 atom stereocenters. The molecule has 3 heteroatoms. The highest BCUT2D eigenvalue weighted by Gasteiger charge is 2.24. The predicted octanol–water partition coefficient (Wildman–Crippen LogP) is 1.53. The van der Waals surface area contributed by atoms with Gasteiger partial charge in [-0.25, -0.2) is 0 Å². The molecule has 0 fully saturated rings. The van der Waals surface area contributed by atoms with Gasteiger partial charge < -0.3 is 9.47 Å². The Morgan fingerprint density at radius 3 is 2.50 bits per heavy atom. The molecule has 0 aromatic rings. The van der Waals surface area contributed by atoms with Gasteiger partial charge in [-0.1, -0.05) is 0 Å². The first-order valence-electron chi connectivity index (χ1n) is 3.92. The van der Waals surface area contributed by atoms with Gasteiger partial charge in [-0.3, -0.25) is 4.79 Å². The van der Waals surface area contributed by atoms with Gasteiger partial charge in [0, 0.05) is 13.2 Å². The number of carbonyl (C=O) groups excluding carboxylic acids is 1. The molecule has 0 N–H and O–H groups in total. The fourth-order valence-corrected chi connectivity index (χ4v) is 0.507. The number of methoxy groups -OCH3 is 1. The molecule has 0 aliphatic heterocycles. The van der Waals surface area contributed by atoms with Crippen molar-refractivity contribution in [3.05, 3.63) is 12.3 Å². The molecule has 0 unspecified atom stereocenters. The van der Waals surface area contributed by atoms with Crippen LogP contribution in [0, 0.1) is 0 Å². The van der Waals surface area contributed by atoms with Crippen molar-refractivity contribution in [1.29, 1.82) is 0 Å². The third-order valence-electron chi connectivity index (χ3n) is 1.59. The van der Waals surface area contributed by atoms with E-state index in [9.17, 15) is 4.79 Å². The van der Waals surface area contributed by atoms with Gasteiger partial charge in [0.05, 0.1) is 12.9 Å². The zero-order valence-electron chi connectivity index (χ0n) is 8.09. The summed E-state index contributed by atoms with van der Waals surface area (Å²) in [6.07, 6.45) is 2.77. The van der Waals surface area contributed by atoms with Crippen molar-refractivity contribution in [3.8, 4) is 0 Å². The van der Waals surface area contributed by atoms with E-state index in [4.69, 9.17) is 9.47 Å². The van der Waals surface area contributed by atoms with E-state index in [2.05, 4.69) is 0 Å². The van der Waals surface area contributed by atoms with E-state index in [-0.39, 0.29) is 5.78 Å². The molecular weight excluding hydrogens is 156 g/mol. The second-order valence-corrected chi connectivity index (χ2v) is 2.84. The van der Waals surface area contributed by atoms with Gasteiger partial charge in [0.1, 0.15) is 5.60 Å². The molecule has 0 aliphatic carbocycles. The number of hydrogen-bond acceptors (Lipinski definition) is 3. The highest BCUT2D eigenvalue weighted by Crippen LogP contribution is 2.09. The molecule has 0 rings (SSSR count). The van der Waals surface area contributed by atoms with Crippen LogP contribution in [0.3, 0.4) is 0 Å². The van der Waals surface area contributed by atoms with Crippen molar-refractivity contribution in [2.75, 3.05) is 13.7 Å². The number of ketones is 1. The van der Waals surface area contributed by atoms with Gasteiger partial charge in [-0.05, 0) is 20.8 Å². The average molecular weight is 172 g/mol. The Bertz CT molecular complexity index is 171. The van der Waals surface area contributed by atoms with Crippen LogP contribution in [0.2, 0.25) is 0 Å². The average Bonchev–Trinajstić information content (AvgIpc) is 2.05. The van der Waals surface area contributed by atoms with E-state index in [1.54, 1.807) is 13.8 Å². The molecule has 0 bridgehead atoms. The van der Waals surface area contributed by atoms with Crippen LogP contribution in [-0.2, 0) is 14.3 Å². The van der Waals surface area contributed by atoms with Crippen LogP contribution in [0.1, 0.15) is 20.8 Å². The van der Waals surface area contributed by atoms with Crippen molar-refractivity contribution in [1.82, 2.24) is 0 Å². The summed E-state index contributed by atoms with van der Waals surface area (Å²) in [5.74, 6) is -0.0987. The van der Waals surface area contributed by atoms with Crippen LogP contribution in [-0.4, -0.2) is 25.1 Å². The number of carbonyl (C=O) groups is 1. The summed E-state index contributed by atoms with van der Waals surface area (Å²) >= 11 is 0. The zero-order chi connectivity index (χ0) is 9.61. The van der Waals surface area contributed by atoms with Crippen molar-refractivity contribution in [3.63, 3.8) is 0 Å². The summed E-state index contributed by atoms with van der Waals surface area (Å²) < 4.78 is 9.86. The Morgan fingerprint density at radius 2 is 2.08 bits per heavy atom. The van der Waals surface area contributed by atoms with Crippen LogP contribution in [0.25, 0.3) is 0 Å². The lowest BCUT2D eigenvalue weighted by Gasteiger charge is -2.18. The number of hydrogen-bond donors (Lipinski definition) is 0. The molecule has 0 aromatic carbocycles. The van der Waals surface area contributed by atoms with Crippen molar-refractivity contribution < 1.29 is 14.3 Å². The second kappa shape index (κ2) is 4.93. The summed E-state index contributed by atoms with van der Waals surface area (Å²) in [4.78, 5) is 11.3. The molecule has 0 aromatic heterocycles. The van der Waals surface area contributed by atoms with Crippen molar-refractivity contribution in [2.24, 2.45) is 0 Å². The number of rotatable bonds is 5. The molecule has 70 valence electrons. The largest absolute Gasteiger partial charge is 0.501 e. The van der Waals surface area contributed by atoms with Gasteiger partial charge in [-0.2, -0.15) is 0 Å². The highest BCUT2D eigenvalue weighted by molar-refractivity contribution is 5.96. The van der Waals surface area contributed by atoms with Crippen molar-refractivity contribution in [2.45, 2.75) is 26.4 Å². The molecule has 3 nitrogen and oxygen atoms in total. The minimum atomic E-state index is -0.756. The minimum Gasteiger partial charge on any atom is -0.501 e. The smallest absolute Gasteiger partial charge is 0.189 e. The second-order valence-electron chi connectivity index (χ2n) is 2.84. The Balaban J connectivity index is 4.03. The summed E-state index contributed by atoms with van der Waals surface area (Å²) in [6.45, 7) is 5.85. The standard InChI is InChI=1S/C9H16O3/c1-5-12-7-6-8(10)9(2,3)11-4/h6-7H,5H2,1-4H3/b7-6+. The van der Waals surface area contributed by atoms with E-state index in [1.807, 2.05) is 6.92 Å². The van der Waals surface area contributed by atoms with Gasteiger partial charge in [0.25, 0.3) is 0 Å². The van der Waals surface area contributed by atoms with Crippen LogP contribution in [0.15, 0.2) is 12.3 Å². The third kappa shape index (κ3) is 3.53. The molecule has 0 saturated heterocycles. The first-order valence-corrected chi connectivity index (χ1v) is 3.92. The Labute approximate surface area is 73.4 Å². The predicted molar refractivity (Wildman–Crippen MR) is 46.9 cm³/mol. The van der Waals surface area contributed by atoms with E-state index in [0.717, 1.165) is 0 Å².